The molecule has 0 saturated carbocycles. The number of ether oxygens (including phenoxy) is 2. The van der Waals surface area contributed by atoms with Crippen LogP contribution in [0.3, 0.4) is 0 Å². The van der Waals surface area contributed by atoms with Crippen LogP contribution in [0.4, 0.5) is 0 Å². The third-order valence-electron chi connectivity index (χ3n) is 2.35. The lowest BCUT2D eigenvalue weighted by atomic mass is 10.0. The molecule has 108 valence electrons. The van der Waals surface area contributed by atoms with Crippen LogP contribution in [0.5, 0.6) is 11.5 Å². The van der Waals surface area contributed by atoms with E-state index in [2.05, 4.69) is 12.6 Å². The molecular weight excluding hydrogens is 280 g/mol. The summed E-state index contributed by atoms with van der Waals surface area (Å²) in [4.78, 5) is 22.4. The molecule has 0 saturated heterocycles. The number of hydrogen-bond acceptors (Lipinski definition) is 4. The molecule has 0 amide bonds. The largest absolute Gasteiger partial charge is 0.494 e. The molecule has 0 heterocycles. The number of carboxylic acids is 1. The number of hydrogen-bond donors (Lipinski definition) is 2. The summed E-state index contributed by atoms with van der Waals surface area (Å²) in [5.41, 5.74) is 0.297. The summed E-state index contributed by atoms with van der Waals surface area (Å²) >= 11 is 3.71. The molecule has 0 bridgehead atoms. The maximum atomic E-state index is 11.5. The molecule has 0 spiro atoms. The highest BCUT2D eigenvalue weighted by molar-refractivity contribution is 7.98. The number of carbonyl (C=O) groups is 2. The molecule has 0 radical (unpaired) electrons. The number of thiol groups is 1. The lowest BCUT2D eigenvalue weighted by Gasteiger charge is -2.13. The second kappa shape index (κ2) is 7.59. The molecule has 0 unspecified atom stereocenters. The second-order valence-electron chi connectivity index (χ2n) is 3.73. The van der Waals surface area contributed by atoms with Crippen LogP contribution < -0.4 is 9.47 Å². The fourth-order valence-corrected chi connectivity index (χ4v) is 1.82. The summed E-state index contributed by atoms with van der Waals surface area (Å²) in [6.07, 6.45) is 0.808. The first-order valence-corrected chi connectivity index (χ1v) is 6.52. The first-order valence-electron chi connectivity index (χ1n) is 6.07. The third kappa shape index (κ3) is 4.31. The Hall–Kier alpha value is -1.95. The zero-order valence-electron chi connectivity index (χ0n) is 11.3. The molecule has 1 rings (SSSR count). The van der Waals surface area contributed by atoms with E-state index in [1.807, 2.05) is 6.92 Å². The van der Waals surface area contributed by atoms with E-state index in [4.69, 9.17) is 14.6 Å². The first-order chi connectivity index (χ1) is 9.49. The van der Waals surface area contributed by atoms with Gasteiger partial charge in [0.25, 0.3) is 0 Å². The van der Waals surface area contributed by atoms with Crippen LogP contribution >= 0.6 is 12.6 Å². The predicted molar refractivity (Wildman–Crippen MR) is 78.4 cm³/mol. The summed E-state index contributed by atoms with van der Waals surface area (Å²) in [5, 5.41) is 8.20. The quantitative estimate of drug-likeness (QED) is 0.597. The Bertz CT molecular complexity index is 536. The molecule has 0 aliphatic carbocycles. The van der Waals surface area contributed by atoms with Crippen molar-refractivity contribution in [1.29, 1.82) is 0 Å². The van der Waals surface area contributed by atoms with Crippen molar-refractivity contribution in [1.82, 2.24) is 0 Å². The smallest absolute Gasteiger partial charge is 0.329 e. The van der Waals surface area contributed by atoms with Crippen molar-refractivity contribution in [2.24, 2.45) is 0 Å². The van der Waals surface area contributed by atoms with Crippen molar-refractivity contribution >= 4 is 29.3 Å². The highest BCUT2D eigenvalue weighted by atomic mass is 32.1. The molecule has 5 nitrogen and oxygen atoms in total. The topological polar surface area (TPSA) is 72.8 Å². The minimum absolute atomic E-state index is 0.0502. The van der Waals surface area contributed by atoms with Crippen LogP contribution in [-0.2, 0) is 9.59 Å². The Balaban J connectivity index is 3.38. The Labute approximate surface area is 122 Å². The van der Waals surface area contributed by atoms with E-state index in [0.29, 0.717) is 30.3 Å². The summed E-state index contributed by atoms with van der Waals surface area (Å²) < 4.78 is 10.8. The SMILES string of the molecule is CCOc1ccc(OCC)c(C(=CC(=O)O)C(=O)S)c1. The van der Waals surface area contributed by atoms with Gasteiger partial charge in [0.2, 0.25) is 5.12 Å². The molecule has 20 heavy (non-hydrogen) atoms. The number of benzene rings is 1. The Morgan fingerprint density at radius 3 is 2.40 bits per heavy atom. The van der Waals surface area contributed by atoms with Crippen molar-refractivity contribution in [3.8, 4) is 11.5 Å². The lowest BCUT2D eigenvalue weighted by Crippen LogP contribution is -2.03. The minimum Gasteiger partial charge on any atom is -0.494 e. The molecule has 0 atom stereocenters. The molecule has 0 aliphatic rings. The van der Waals surface area contributed by atoms with Gasteiger partial charge in [-0.25, -0.2) is 4.79 Å². The molecule has 6 heteroatoms. The Kier molecular flexibility index (Phi) is 6.11. The van der Waals surface area contributed by atoms with Gasteiger partial charge in [0.05, 0.1) is 13.2 Å². The zero-order valence-corrected chi connectivity index (χ0v) is 12.1. The van der Waals surface area contributed by atoms with Crippen LogP contribution in [0.2, 0.25) is 0 Å². The number of rotatable bonds is 7. The molecular formula is C14H16O5S. The number of aliphatic carboxylic acids is 1. The van der Waals surface area contributed by atoms with E-state index in [1.54, 1.807) is 25.1 Å². The predicted octanol–water partition coefficient (Wildman–Crippen LogP) is 2.41. The normalized spacial score (nSPS) is 11.1. The van der Waals surface area contributed by atoms with Crippen molar-refractivity contribution in [3.63, 3.8) is 0 Å². The van der Waals surface area contributed by atoms with Gasteiger partial charge in [0.1, 0.15) is 11.5 Å². The summed E-state index contributed by atoms with van der Waals surface area (Å²) in [6, 6.07) is 4.90. The van der Waals surface area contributed by atoms with E-state index in [1.165, 1.54) is 0 Å². The van der Waals surface area contributed by atoms with Gasteiger partial charge < -0.3 is 14.6 Å². The van der Waals surface area contributed by atoms with E-state index in [0.717, 1.165) is 6.08 Å². The standard InChI is InChI=1S/C14H16O5S/c1-3-18-9-5-6-12(19-4-2)10(7-9)11(14(17)20)8-13(15)16/h5-8H,3-4H2,1-2H3,(H,15,16)(H,17,20). The van der Waals surface area contributed by atoms with E-state index in [-0.39, 0.29) is 5.57 Å². The highest BCUT2D eigenvalue weighted by Crippen LogP contribution is 2.31. The van der Waals surface area contributed by atoms with Gasteiger partial charge in [0.15, 0.2) is 0 Å². The van der Waals surface area contributed by atoms with Gasteiger partial charge in [-0.1, -0.05) is 0 Å². The Morgan fingerprint density at radius 2 is 1.90 bits per heavy atom. The van der Waals surface area contributed by atoms with Crippen molar-refractivity contribution < 1.29 is 24.2 Å². The van der Waals surface area contributed by atoms with Crippen LogP contribution in [0.25, 0.3) is 5.57 Å². The third-order valence-corrected chi connectivity index (χ3v) is 2.59. The van der Waals surface area contributed by atoms with Gasteiger partial charge in [-0.2, -0.15) is 0 Å². The average Bonchev–Trinajstić information content (AvgIpc) is 2.38. The van der Waals surface area contributed by atoms with Gasteiger partial charge in [-0.3, -0.25) is 4.79 Å². The lowest BCUT2D eigenvalue weighted by molar-refractivity contribution is -0.131. The number of carboxylic acid groups (broad SMARTS) is 1. The van der Waals surface area contributed by atoms with Gasteiger partial charge in [-0.15, -0.1) is 12.6 Å². The van der Waals surface area contributed by atoms with Crippen LogP contribution in [0.15, 0.2) is 24.3 Å². The van der Waals surface area contributed by atoms with Gasteiger partial charge in [-0.05, 0) is 32.0 Å². The maximum Gasteiger partial charge on any atom is 0.329 e. The van der Waals surface area contributed by atoms with Gasteiger partial charge in [0, 0.05) is 17.2 Å². The summed E-state index contributed by atoms with van der Waals surface area (Å²) in [5.74, 6) is -0.297. The van der Waals surface area contributed by atoms with Gasteiger partial charge >= 0.3 is 5.97 Å². The molecule has 1 N–H and O–H groups in total. The highest BCUT2D eigenvalue weighted by Gasteiger charge is 2.16. The molecule has 1 aromatic carbocycles. The average molecular weight is 296 g/mol. The van der Waals surface area contributed by atoms with Crippen molar-refractivity contribution in [2.75, 3.05) is 13.2 Å². The summed E-state index contributed by atoms with van der Waals surface area (Å²) in [7, 11) is 0. The Morgan fingerprint density at radius 1 is 1.25 bits per heavy atom. The van der Waals surface area contributed by atoms with E-state index in [9.17, 15) is 9.59 Å². The van der Waals surface area contributed by atoms with Crippen LogP contribution in [-0.4, -0.2) is 29.4 Å². The molecule has 1 aromatic rings. The number of carbonyl (C=O) groups excluding carboxylic acids is 1. The van der Waals surface area contributed by atoms with Crippen LogP contribution in [0, 0.1) is 0 Å². The zero-order chi connectivity index (χ0) is 15.1. The monoisotopic (exact) mass is 296 g/mol. The maximum absolute atomic E-state index is 11.5. The van der Waals surface area contributed by atoms with E-state index < -0.39 is 11.1 Å². The fraction of sp³-hybridized carbons (Fsp3) is 0.286. The molecule has 0 aliphatic heterocycles. The van der Waals surface area contributed by atoms with Crippen molar-refractivity contribution in [2.45, 2.75) is 13.8 Å². The van der Waals surface area contributed by atoms with Crippen LogP contribution in [0.1, 0.15) is 19.4 Å². The molecule has 0 aromatic heterocycles. The van der Waals surface area contributed by atoms with Crippen molar-refractivity contribution in [3.05, 3.63) is 29.8 Å². The first kappa shape index (κ1) is 16.1. The van der Waals surface area contributed by atoms with E-state index >= 15 is 0 Å². The minimum atomic E-state index is -1.23. The molecule has 0 fully saturated rings. The summed E-state index contributed by atoms with van der Waals surface area (Å²) in [6.45, 7) is 4.47. The second-order valence-corrected chi connectivity index (χ2v) is 4.13. The fourth-order valence-electron chi connectivity index (χ4n) is 1.64.